The average Bonchev–Trinajstić information content (AvgIpc) is 2.90. The van der Waals surface area contributed by atoms with Crippen molar-refractivity contribution < 1.29 is 24.2 Å². The van der Waals surface area contributed by atoms with Gasteiger partial charge in [0.15, 0.2) is 5.60 Å². The van der Waals surface area contributed by atoms with Crippen LogP contribution in [0.25, 0.3) is 0 Å². The zero-order valence-electron chi connectivity index (χ0n) is 23.2. The molecule has 0 saturated carbocycles. The average molecular weight is 530 g/mol. The number of nitrogens with zero attached hydrogens (tertiary/aromatic N) is 4. The molecular formula is C28H43N5O5. The van der Waals surface area contributed by atoms with Crippen molar-refractivity contribution in [2.45, 2.75) is 62.8 Å². The minimum atomic E-state index is -1.01. The number of morpholine rings is 1. The van der Waals surface area contributed by atoms with Gasteiger partial charge in [0.2, 0.25) is 11.8 Å². The van der Waals surface area contributed by atoms with Gasteiger partial charge in [-0.1, -0.05) is 37.3 Å². The summed E-state index contributed by atoms with van der Waals surface area (Å²) < 4.78 is 5.82. The number of ether oxygens (including phenoxy) is 1. The van der Waals surface area contributed by atoms with Crippen molar-refractivity contribution in [2.24, 2.45) is 0 Å². The van der Waals surface area contributed by atoms with Gasteiger partial charge in [-0.2, -0.15) is 0 Å². The molecule has 3 aliphatic heterocycles. The van der Waals surface area contributed by atoms with Gasteiger partial charge in [0, 0.05) is 46.7 Å². The number of β-amino-alcohol motifs (C(OH)–C–C–N with tert-alkyl or cyclic N) is 1. The molecule has 1 aromatic rings. The van der Waals surface area contributed by atoms with E-state index in [9.17, 15) is 19.5 Å². The third-order valence-electron chi connectivity index (χ3n) is 8.22. The number of hydrogen-bond acceptors (Lipinski definition) is 7. The van der Waals surface area contributed by atoms with Crippen LogP contribution in [0, 0.1) is 0 Å². The van der Waals surface area contributed by atoms with Crippen LogP contribution < -0.4 is 5.32 Å². The summed E-state index contributed by atoms with van der Waals surface area (Å²) in [6, 6.07) is 10.0. The third-order valence-corrected chi connectivity index (χ3v) is 8.22. The van der Waals surface area contributed by atoms with Gasteiger partial charge in [-0.3, -0.25) is 24.6 Å². The Morgan fingerprint density at radius 2 is 1.87 bits per heavy atom. The Morgan fingerprint density at radius 3 is 2.50 bits per heavy atom. The van der Waals surface area contributed by atoms with Crippen LogP contribution in [0.1, 0.15) is 51.0 Å². The molecule has 0 radical (unpaired) electrons. The van der Waals surface area contributed by atoms with Crippen LogP contribution in [0.3, 0.4) is 0 Å². The predicted octanol–water partition coefficient (Wildman–Crippen LogP) is 0.818. The van der Waals surface area contributed by atoms with Gasteiger partial charge in [-0.05, 0) is 31.2 Å². The number of carbonyl (C=O) groups excluding carboxylic acids is 3. The van der Waals surface area contributed by atoms with Gasteiger partial charge in [0.1, 0.15) is 0 Å². The summed E-state index contributed by atoms with van der Waals surface area (Å²) in [5, 5.41) is 14.7. The number of rotatable bonds is 7. The molecular weight excluding hydrogens is 486 g/mol. The lowest BCUT2D eigenvalue weighted by Crippen LogP contribution is -2.66. The normalized spacial score (nSPS) is 27.2. The quantitative estimate of drug-likeness (QED) is 0.539. The Kier molecular flexibility index (Phi) is 8.76. The van der Waals surface area contributed by atoms with Gasteiger partial charge >= 0.3 is 0 Å². The molecule has 0 spiro atoms. The standard InChI is InChI=1S/C28H43N5O5/c1-21(22-8-6-5-7-9-22)16-24(34)31-12-10-28(37,11-13-31)19-33-20-29-23(17-25(33)35)32-14-15-38-27(2,18-32)26(36)30(3)4/h5-9,21,23,29,37H,10-20H2,1-4H3/t21-,23?,27?/m1/s1. The lowest BCUT2D eigenvalue weighted by atomic mass is 9.89. The van der Waals surface area contributed by atoms with Crippen LogP contribution in [0.5, 0.6) is 0 Å². The molecule has 38 heavy (non-hydrogen) atoms. The molecule has 0 aliphatic carbocycles. The number of likely N-dealkylation sites (N-methyl/N-ethyl adjacent to an activating group) is 1. The second kappa shape index (κ2) is 11.7. The number of nitrogens with one attached hydrogen (secondary N) is 1. The molecule has 3 heterocycles. The smallest absolute Gasteiger partial charge is 0.255 e. The van der Waals surface area contributed by atoms with E-state index in [2.05, 4.69) is 17.1 Å². The first-order valence-electron chi connectivity index (χ1n) is 13.7. The maximum absolute atomic E-state index is 13.1. The van der Waals surface area contributed by atoms with Crippen molar-refractivity contribution >= 4 is 17.7 Å². The topological polar surface area (TPSA) is 106 Å². The highest BCUT2D eigenvalue weighted by molar-refractivity contribution is 5.85. The second-order valence-corrected chi connectivity index (χ2v) is 11.5. The van der Waals surface area contributed by atoms with Crippen LogP contribution >= 0.6 is 0 Å². The van der Waals surface area contributed by atoms with Crippen molar-refractivity contribution in [2.75, 3.05) is 60.1 Å². The minimum absolute atomic E-state index is 0.0236. The molecule has 2 unspecified atom stereocenters. The molecule has 2 N–H and O–H groups in total. The van der Waals surface area contributed by atoms with Crippen LogP contribution in [0.4, 0.5) is 0 Å². The fourth-order valence-corrected chi connectivity index (χ4v) is 5.82. The molecule has 3 atom stereocenters. The Labute approximate surface area is 225 Å². The van der Waals surface area contributed by atoms with E-state index >= 15 is 0 Å². The molecule has 0 aromatic heterocycles. The van der Waals surface area contributed by atoms with Crippen LogP contribution in [0.2, 0.25) is 0 Å². The number of carbonyl (C=O) groups is 3. The molecule has 3 fully saturated rings. The number of benzene rings is 1. The number of amides is 3. The molecule has 4 rings (SSSR count). The van der Waals surface area contributed by atoms with Gasteiger partial charge in [-0.25, -0.2) is 0 Å². The zero-order valence-corrected chi connectivity index (χ0v) is 23.2. The molecule has 210 valence electrons. The summed E-state index contributed by atoms with van der Waals surface area (Å²) in [5.41, 5.74) is -0.806. The maximum Gasteiger partial charge on any atom is 0.255 e. The fraction of sp³-hybridized carbons (Fsp3) is 0.679. The van der Waals surface area contributed by atoms with Crippen molar-refractivity contribution in [3.63, 3.8) is 0 Å². The van der Waals surface area contributed by atoms with Gasteiger partial charge in [0.05, 0.1) is 38.0 Å². The second-order valence-electron chi connectivity index (χ2n) is 11.5. The van der Waals surface area contributed by atoms with E-state index in [1.807, 2.05) is 35.2 Å². The predicted molar refractivity (Wildman–Crippen MR) is 143 cm³/mol. The summed E-state index contributed by atoms with van der Waals surface area (Å²) in [4.78, 5) is 45.7. The van der Waals surface area contributed by atoms with E-state index in [-0.39, 0.29) is 42.8 Å². The Balaban J connectivity index is 1.25. The number of aliphatic hydroxyl groups is 1. The van der Waals surface area contributed by atoms with Gasteiger partial charge < -0.3 is 24.5 Å². The Morgan fingerprint density at radius 1 is 1.18 bits per heavy atom. The highest BCUT2D eigenvalue weighted by atomic mass is 16.5. The number of hydrogen-bond donors (Lipinski definition) is 2. The van der Waals surface area contributed by atoms with Gasteiger partial charge in [0.25, 0.3) is 5.91 Å². The minimum Gasteiger partial charge on any atom is -0.388 e. The van der Waals surface area contributed by atoms with Crippen molar-refractivity contribution in [1.29, 1.82) is 0 Å². The summed E-state index contributed by atoms with van der Waals surface area (Å²) in [6.07, 6.45) is 1.42. The summed E-state index contributed by atoms with van der Waals surface area (Å²) in [6.45, 7) is 6.88. The van der Waals surface area contributed by atoms with Crippen molar-refractivity contribution in [3.8, 4) is 0 Å². The molecule has 1 aromatic carbocycles. The van der Waals surface area contributed by atoms with E-state index in [1.165, 1.54) is 4.90 Å². The maximum atomic E-state index is 13.1. The van der Waals surface area contributed by atoms with Crippen LogP contribution in [-0.2, 0) is 19.1 Å². The number of likely N-dealkylation sites (tertiary alicyclic amines) is 1. The summed E-state index contributed by atoms with van der Waals surface area (Å²) in [5.74, 6) is 0.129. The summed E-state index contributed by atoms with van der Waals surface area (Å²) in [7, 11) is 3.43. The monoisotopic (exact) mass is 529 g/mol. The number of piperidine rings is 1. The lowest BCUT2D eigenvalue weighted by molar-refractivity contribution is -0.170. The first-order valence-corrected chi connectivity index (χ1v) is 13.7. The molecule has 10 heteroatoms. The Bertz CT molecular complexity index is 997. The molecule has 3 saturated heterocycles. The molecule has 0 bridgehead atoms. The molecule has 3 aliphatic rings. The Hall–Kier alpha value is -2.53. The fourth-order valence-electron chi connectivity index (χ4n) is 5.82. The molecule has 10 nitrogen and oxygen atoms in total. The first kappa shape index (κ1) is 28.5. The van der Waals surface area contributed by atoms with Crippen LogP contribution in [-0.4, -0.2) is 120 Å². The first-order chi connectivity index (χ1) is 18.0. The molecule has 3 amide bonds. The van der Waals surface area contributed by atoms with E-state index in [1.54, 1.807) is 25.9 Å². The summed E-state index contributed by atoms with van der Waals surface area (Å²) >= 11 is 0. The highest BCUT2D eigenvalue weighted by Crippen LogP contribution is 2.28. The largest absolute Gasteiger partial charge is 0.388 e. The van der Waals surface area contributed by atoms with Crippen molar-refractivity contribution in [3.05, 3.63) is 35.9 Å². The van der Waals surface area contributed by atoms with E-state index in [0.717, 1.165) is 5.56 Å². The lowest BCUT2D eigenvalue weighted by Gasteiger charge is -2.47. The highest BCUT2D eigenvalue weighted by Gasteiger charge is 2.44. The van der Waals surface area contributed by atoms with Crippen LogP contribution in [0.15, 0.2) is 30.3 Å². The third kappa shape index (κ3) is 6.54. The van der Waals surface area contributed by atoms with Crippen molar-refractivity contribution in [1.82, 2.24) is 24.9 Å². The van der Waals surface area contributed by atoms with E-state index < -0.39 is 11.2 Å². The SMILES string of the molecule is C[C@H](CC(=O)N1CCC(O)(CN2CNC(N3CCOC(C)(C(=O)N(C)C)C3)CC2=O)CC1)c1ccccc1. The zero-order chi connectivity index (χ0) is 27.5. The van der Waals surface area contributed by atoms with Gasteiger partial charge in [-0.15, -0.1) is 0 Å². The van der Waals surface area contributed by atoms with E-state index in [0.29, 0.717) is 58.7 Å². The van der Waals surface area contributed by atoms with E-state index in [4.69, 9.17) is 4.74 Å².